The Hall–Kier alpha value is -0.610. The van der Waals surface area contributed by atoms with E-state index in [1.165, 1.54) is 77.0 Å². The summed E-state index contributed by atoms with van der Waals surface area (Å²) in [4.78, 5) is 13.2. The van der Waals surface area contributed by atoms with Crippen LogP contribution < -0.4 is 11.1 Å². The molecule has 4 saturated carbocycles. The summed E-state index contributed by atoms with van der Waals surface area (Å²) in [6, 6.07) is 1.27. The van der Waals surface area contributed by atoms with E-state index >= 15 is 0 Å². The third kappa shape index (κ3) is 6.99. The molecule has 0 aliphatic heterocycles. The van der Waals surface area contributed by atoms with Crippen LogP contribution >= 0.6 is 0 Å². The van der Waals surface area contributed by atoms with Gasteiger partial charge in [0.15, 0.2) is 0 Å². The van der Waals surface area contributed by atoms with Crippen LogP contribution in [0.5, 0.6) is 0 Å². The molecule has 0 aromatic carbocycles. The number of fused-ring (bicyclic) bond motifs is 3. The van der Waals surface area contributed by atoms with Crippen LogP contribution in [0.2, 0.25) is 0 Å². The maximum atomic E-state index is 10.7. The van der Waals surface area contributed by atoms with Gasteiger partial charge in [-0.15, -0.1) is 0 Å². The van der Waals surface area contributed by atoms with Crippen molar-refractivity contribution in [1.82, 2.24) is 10.2 Å². The van der Waals surface area contributed by atoms with E-state index in [0.717, 1.165) is 49.2 Å². The summed E-state index contributed by atoms with van der Waals surface area (Å²) in [5.41, 5.74) is 6.56. The minimum atomic E-state index is 0.439. The van der Waals surface area contributed by atoms with Crippen molar-refractivity contribution in [2.45, 2.75) is 131 Å². The lowest BCUT2D eigenvalue weighted by Crippen LogP contribution is -2.54. The van der Waals surface area contributed by atoms with Gasteiger partial charge < -0.3 is 16.0 Å². The van der Waals surface area contributed by atoms with Gasteiger partial charge in [-0.3, -0.25) is 4.79 Å². The molecule has 3 N–H and O–H groups in total. The molecule has 5 unspecified atom stereocenters. The first-order valence-electron chi connectivity index (χ1n) is 14.8. The van der Waals surface area contributed by atoms with Gasteiger partial charge in [-0.05, 0) is 99.3 Å². The molecule has 4 fully saturated rings. The smallest absolute Gasteiger partial charge is 0.207 e. The van der Waals surface area contributed by atoms with Crippen molar-refractivity contribution < 1.29 is 4.79 Å². The van der Waals surface area contributed by atoms with E-state index in [2.05, 4.69) is 45.0 Å². The summed E-state index contributed by atoms with van der Waals surface area (Å²) >= 11 is 0. The second-order valence-corrected chi connectivity index (χ2v) is 12.7. The molecule has 4 heteroatoms. The number of carbonyl (C=O) groups excluding carboxylic acids is 1. The van der Waals surface area contributed by atoms with Gasteiger partial charge in [-0.25, -0.2) is 0 Å². The van der Waals surface area contributed by atoms with Crippen molar-refractivity contribution in [2.24, 2.45) is 40.2 Å². The molecule has 0 heterocycles. The first-order valence-corrected chi connectivity index (χ1v) is 14.8. The zero-order valence-electron chi connectivity index (χ0n) is 23.9. The summed E-state index contributed by atoms with van der Waals surface area (Å²) in [6.07, 6.45) is 17.3. The van der Waals surface area contributed by atoms with Crippen LogP contribution in [0.25, 0.3) is 0 Å². The van der Waals surface area contributed by atoms with Crippen molar-refractivity contribution in [1.29, 1.82) is 0 Å². The molecule has 0 bridgehead atoms. The van der Waals surface area contributed by atoms with Gasteiger partial charge in [0, 0.05) is 25.2 Å². The highest BCUT2D eigenvalue weighted by atomic mass is 16.1. The Morgan fingerprint density at radius 1 is 0.971 bits per heavy atom. The van der Waals surface area contributed by atoms with E-state index in [-0.39, 0.29) is 0 Å². The Kier molecular flexibility index (Phi) is 11.9. The zero-order chi connectivity index (χ0) is 25.4. The lowest BCUT2D eigenvalue weighted by atomic mass is 9.45. The molecule has 6 atom stereocenters. The van der Waals surface area contributed by atoms with Crippen LogP contribution in [0.4, 0.5) is 0 Å². The van der Waals surface area contributed by atoms with Gasteiger partial charge in [0.1, 0.15) is 0 Å². The second-order valence-electron chi connectivity index (χ2n) is 12.7. The summed E-state index contributed by atoms with van der Waals surface area (Å²) in [6.45, 7) is 15.9. The average molecular weight is 478 g/mol. The van der Waals surface area contributed by atoms with Gasteiger partial charge in [-0.1, -0.05) is 60.8 Å². The molecule has 4 nitrogen and oxygen atoms in total. The summed E-state index contributed by atoms with van der Waals surface area (Å²) in [5, 5.41) is 3.05. The number of hydrogen-bond donors (Lipinski definition) is 2. The molecule has 0 aromatic rings. The number of carbonyl (C=O) groups is 1. The highest BCUT2D eigenvalue weighted by Crippen LogP contribution is 2.62. The predicted octanol–water partition coefficient (Wildman–Crippen LogP) is 6.63. The van der Waals surface area contributed by atoms with Gasteiger partial charge in [0.05, 0.1) is 0 Å². The summed E-state index contributed by atoms with van der Waals surface area (Å²) < 4.78 is 0. The summed E-state index contributed by atoms with van der Waals surface area (Å²) in [5.74, 6) is 3.56. The van der Waals surface area contributed by atoms with E-state index in [1.54, 1.807) is 0 Å². The van der Waals surface area contributed by atoms with E-state index in [4.69, 9.17) is 5.73 Å². The number of nitrogens with two attached hydrogens (primary N) is 1. The maximum absolute atomic E-state index is 10.7. The first kappa shape index (κ1) is 29.6. The molecule has 200 valence electrons. The van der Waals surface area contributed by atoms with Crippen molar-refractivity contribution in [3.8, 4) is 0 Å². The fourth-order valence-corrected chi connectivity index (χ4v) is 8.07. The third-order valence-electron chi connectivity index (χ3n) is 10.7. The fourth-order valence-electron chi connectivity index (χ4n) is 8.07. The number of amides is 1. The molecule has 34 heavy (non-hydrogen) atoms. The van der Waals surface area contributed by atoms with E-state index in [1.807, 2.05) is 13.8 Å². The second kappa shape index (κ2) is 13.6. The minimum absolute atomic E-state index is 0.439. The average Bonchev–Trinajstić information content (AvgIpc) is 2.84. The molecule has 0 aromatic heterocycles. The highest BCUT2D eigenvalue weighted by molar-refractivity contribution is 5.46. The van der Waals surface area contributed by atoms with E-state index in [9.17, 15) is 4.79 Å². The SMILES string of the molecule is CC.CC1C2CCC3C[C@H](NC=O)CCC3(C)C2CCC1(C)C.CN(CCN)C1CCCCC1. The Morgan fingerprint density at radius 3 is 2.26 bits per heavy atom. The lowest BCUT2D eigenvalue weighted by molar-refractivity contribution is -0.116. The third-order valence-corrected chi connectivity index (χ3v) is 10.7. The molecular formula is C30H59N3O. The number of likely N-dealkylation sites (N-methyl/N-ethyl adjacent to an activating group) is 1. The van der Waals surface area contributed by atoms with E-state index < -0.39 is 0 Å². The molecule has 0 spiro atoms. The number of rotatable bonds is 5. The van der Waals surface area contributed by atoms with Crippen LogP contribution in [0.15, 0.2) is 0 Å². The molecule has 0 radical (unpaired) electrons. The monoisotopic (exact) mass is 477 g/mol. The Balaban J connectivity index is 0.000000266. The van der Waals surface area contributed by atoms with Crippen LogP contribution in [-0.2, 0) is 4.79 Å². The maximum Gasteiger partial charge on any atom is 0.207 e. The standard InChI is InChI=1S/C19H33NO.C9H20N2.C2H6/c1-13-16-6-5-14-11-15(20-12-21)7-10-19(14,4)17(16)8-9-18(13,2)3;1-11(8-7-10)9-5-3-2-4-6-9;1-2/h12-17H,5-11H2,1-4H3,(H,20,21);9H,2-8,10H2,1H3;1-2H3/t13?,14?,15-,16?,17?,19?;;/m1../s1. The van der Waals surface area contributed by atoms with Gasteiger partial charge in [-0.2, -0.15) is 0 Å². The van der Waals surface area contributed by atoms with Gasteiger partial charge in [0.2, 0.25) is 6.41 Å². The van der Waals surface area contributed by atoms with Gasteiger partial charge in [0.25, 0.3) is 0 Å². The number of hydrogen-bond acceptors (Lipinski definition) is 3. The van der Waals surface area contributed by atoms with Crippen molar-refractivity contribution in [3.05, 3.63) is 0 Å². The minimum Gasteiger partial charge on any atom is -0.356 e. The zero-order valence-corrected chi connectivity index (χ0v) is 23.9. The Labute approximate surface area is 212 Å². The lowest BCUT2D eigenvalue weighted by Gasteiger charge is -2.60. The van der Waals surface area contributed by atoms with Crippen LogP contribution in [0, 0.1) is 34.5 Å². The van der Waals surface area contributed by atoms with Crippen molar-refractivity contribution in [2.75, 3.05) is 20.1 Å². The Bertz CT molecular complexity index is 588. The van der Waals surface area contributed by atoms with Crippen LogP contribution in [-0.4, -0.2) is 43.5 Å². The first-order chi connectivity index (χ1) is 16.2. The normalized spacial score (nSPS) is 37.1. The molecule has 1 amide bonds. The Morgan fingerprint density at radius 2 is 1.65 bits per heavy atom. The summed E-state index contributed by atoms with van der Waals surface area (Å²) in [7, 11) is 2.20. The van der Waals surface area contributed by atoms with Gasteiger partial charge >= 0.3 is 0 Å². The number of nitrogens with one attached hydrogen (secondary N) is 1. The molecule has 4 aliphatic carbocycles. The topological polar surface area (TPSA) is 58.4 Å². The van der Waals surface area contributed by atoms with Crippen LogP contribution in [0.3, 0.4) is 0 Å². The van der Waals surface area contributed by atoms with Crippen molar-refractivity contribution >= 4 is 6.41 Å². The van der Waals surface area contributed by atoms with Crippen LogP contribution in [0.1, 0.15) is 119 Å². The molecule has 0 saturated heterocycles. The molecule has 4 aliphatic rings. The molecular weight excluding hydrogens is 418 g/mol. The number of nitrogens with zero attached hydrogens (tertiary/aromatic N) is 1. The predicted molar refractivity (Wildman–Crippen MR) is 147 cm³/mol. The quantitative estimate of drug-likeness (QED) is 0.437. The largest absolute Gasteiger partial charge is 0.356 e. The van der Waals surface area contributed by atoms with E-state index in [0.29, 0.717) is 16.9 Å². The molecule has 4 rings (SSSR count). The highest BCUT2D eigenvalue weighted by Gasteiger charge is 2.54. The fraction of sp³-hybridized carbons (Fsp3) is 0.967. The van der Waals surface area contributed by atoms with Crippen molar-refractivity contribution in [3.63, 3.8) is 0 Å².